The first-order valence-electron chi connectivity index (χ1n) is 12.1. The van der Waals surface area contributed by atoms with Crippen LogP contribution >= 0.6 is 11.3 Å². The number of nitrogens with zero attached hydrogens (tertiary/aromatic N) is 2. The first-order valence-corrected chi connectivity index (χ1v) is 12.9. The molecule has 2 aromatic carbocycles. The lowest BCUT2D eigenvalue weighted by atomic mass is 9.74. The fourth-order valence-corrected chi connectivity index (χ4v) is 5.48. The van der Waals surface area contributed by atoms with Crippen LogP contribution in [0.3, 0.4) is 0 Å². The van der Waals surface area contributed by atoms with Crippen molar-refractivity contribution in [3.05, 3.63) is 76.3 Å². The summed E-state index contributed by atoms with van der Waals surface area (Å²) in [4.78, 5) is 35.9. The van der Waals surface area contributed by atoms with Crippen LogP contribution in [0, 0.1) is 12.8 Å². The van der Waals surface area contributed by atoms with Crippen LogP contribution in [0.1, 0.15) is 44.7 Å². The quantitative estimate of drug-likeness (QED) is 0.351. The number of carbonyl (C=O) groups excluding carboxylic acids is 2. The van der Waals surface area contributed by atoms with Gasteiger partial charge in [-0.25, -0.2) is 9.78 Å². The summed E-state index contributed by atoms with van der Waals surface area (Å²) in [6.07, 6.45) is 0. The zero-order chi connectivity index (χ0) is 25.8. The lowest BCUT2D eigenvalue weighted by Crippen LogP contribution is -2.36. The normalized spacial score (nSPS) is 17.5. The molecule has 7 heteroatoms. The Labute approximate surface area is 215 Å². The number of allylic oxidation sites excluding steroid dienone is 1. The van der Waals surface area contributed by atoms with Gasteiger partial charge in [-0.15, -0.1) is 11.3 Å². The van der Waals surface area contributed by atoms with Crippen molar-refractivity contribution in [2.75, 3.05) is 13.2 Å². The van der Waals surface area contributed by atoms with Crippen molar-refractivity contribution >= 4 is 29.0 Å². The highest BCUT2D eigenvalue weighted by molar-refractivity contribution is 7.13. The molecule has 0 fully saturated rings. The molecule has 6 nitrogen and oxygen atoms in total. The Balaban J connectivity index is 1.86. The SMILES string of the molecule is CCOC(=O)C1=C(C)N=C(C)C(C(=O)OCC)C1c1ccccc1-c1nc(-c2ccc(C)cc2)cs1. The Morgan fingerprint density at radius 3 is 2.33 bits per heavy atom. The second-order valence-electron chi connectivity index (χ2n) is 8.67. The number of aromatic nitrogens is 1. The fraction of sp³-hybridized carbons (Fsp3) is 0.310. The Bertz CT molecular complexity index is 1340. The summed E-state index contributed by atoms with van der Waals surface area (Å²) in [5.41, 5.74) is 6.32. The van der Waals surface area contributed by atoms with Gasteiger partial charge in [-0.1, -0.05) is 54.1 Å². The minimum Gasteiger partial charge on any atom is -0.465 e. The van der Waals surface area contributed by atoms with E-state index in [0.29, 0.717) is 17.0 Å². The molecule has 36 heavy (non-hydrogen) atoms. The zero-order valence-corrected chi connectivity index (χ0v) is 22.0. The molecule has 3 aromatic rings. The van der Waals surface area contributed by atoms with Crippen molar-refractivity contribution in [3.63, 3.8) is 0 Å². The topological polar surface area (TPSA) is 77.8 Å². The number of rotatable bonds is 7. The minimum absolute atomic E-state index is 0.225. The van der Waals surface area contributed by atoms with E-state index in [0.717, 1.165) is 27.4 Å². The molecule has 0 amide bonds. The van der Waals surface area contributed by atoms with E-state index < -0.39 is 23.8 Å². The summed E-state index contributed by atoms with van der Waals surface area (Å²) in [5, 5.41) is 2.84. The molecule has 0 radical (unpaired) electrons. The first-order chi connectivity index (χ1) is 17.3. The van der Waals surface area contributed by atoms with Crippen LogP contribution in [0.2, 0.25) is 0 Å². The number of aliphatic imine (C=N–C) groups is 1. The van der Waals surface area contributed by atoms with Gasteiger partial charge >= 0.3 is 11.9 Å². The van der Waals surface area contributed by atoms with E-state index in [1.54, 1.807) is 20.8 Å². The van der Waals surface area contributed by atoms with Gasteiger partial charge in [0.2, 0.25) is 0 Å². The van der Waals surface area contributed by atoms with E-state index in [1.165, 1.54) is 16.9 Å². The van der Waals surface area contributed by atoms with Crippen molar-refractivity contribution in [2.45, 2.75) is 40.5 Å². The van der Waals surface area contributed by atoms with E-state index in [-0.39, 0.29) is 13.2 Å². The molecular weight excluding hydrogens is 472 g/mol. The maximum Gasteiger partial charge on any atom is 0.336 e. The van der Waals surface area contributed by atoms with E-state index >= 15 is 0 Å². The van der Waals surface area contributed by atoms with E-state index in [2.05, 4.69) is 36.2 Å². The fourth-order valence-electron chi connectivity index (χ4n) is 4.60. The smallest absolute Gasteiger partial charge is 0.336 e. The van der Waals surface area contributed by atoms with Gasteiger partial charge in [-0.3, -0.25) is 9.79 Å². The monoisotopic (exact) mass is 502 g/mol. The van der Waals surface area contributed by atoms with Crippen LogP contribution < -0.4 is 0 Å². The molecule has 0 bridgehead atoms. The van der Waals surface area contributed by atoms with Crippen molar-refractivity contribution in [3.8, 4) is 21.8 Å². The third-order valence-electron chi connectivity index (χ3n) is 6.24. The van der Waals surface area contributed by atoms with Crippen LogP contribution in [-0.2, 0) is 19.1 Å². The minimum atomic E-state index is -0.745. The number of benzene rings is 2. The number of esters is 2. The van der Waals surface area contributed by atoms with Crippen molar-refractivity contribution < 1.29 is 19.1 Å². The summed E-state index contributed by atoms with van der Waals surface area (Å²) >= 11 is 1.53. The Morgan fingerprint density at radius 2 is 1.64 bits per heavy atom. The number of carbonyl (C=O) groups is 2. The van der Waals surface area contributed by atoms with E-state index in [9.17, 15) is 9.59 Å². The van der Waals surface area contributed by atoms with Crippen LogP contribution in [0.4, 0.5) is 0 Å². The molecule has 2 heterocycles. The first kappa shape index (κ1) is 25.5. The Kier molecular flexibility index (Phi) is 7.79. The summed E-state index contributed by atoms with van der Waals surface area (Å²) in [6.45, 7) is 9.64. The van der Waals surface area contributed by atoms with Gasteiger partial charge in [0, 0.05) is 33.8 Å². The largest absolute Gasteiger partial charge is 0.465 e. The molecule has 2 atom stereocenters. The van der Waals surface area contributed by atoms with Crippen LogP contribution in [-0.4, -0.2) is 35.8 Å². The standard InChI is InChI=1S/C29H30N2O4S/c1-6-34-28(32)24-18(4)30-19(5)25(29(33)35-7-2)26(24)21-10-8-9-11-22(21)27-31-23(16-36-27)20-14-12-17(3)13-15-20/h8-16,24,26H,6-7H2,1-5H3. The van der Waals surface area contributed by atoms with Gasteiger partial charge in [0.1, 0.15) is 10.9 Å². The number of thiazole rings is 1. The summed E-state index contributed by atoms with van der Waals surface area (Å²) < 4.78 is 10.8. The van der Waals surface area contributed by atoms with Crippen LogP contribution in [0.5, 0.6) is 0 Å². The zero-order valence-electron chi connectivity index (χ0n) is 21.2. The Morgan fingerprint density at radius 1 is 0.944 bits per heavy atom. The summed E-state index contributed by atoms with van der Waals surface area (Å²) in [6, 6.07) is 16.0. The molecule has 0 spiro atoms. The number of hydrogen-bond acceptors (Lipinski definition) is 7. The predicted octanol–water partition coefficient (Wildman–Crippen LogP) is 6.36. The highest BCUT2D eigenvalue weighted by Crippen LogP contribution is 2.44. The number of ether oxygens (including phenoxy) is 2. The van der Waals surface area contributed by atoms with Crippen molar-refractivity contribution in [2.24, 2.45) is 10.9 Å². The third-order valence-corrected chi connectivity index (χ3v) is 7.12. The van der Waals surface area contributed by atoms with Crippen molar-refractivity contribution in [1.29, 1.82) is 0 Å². The summed E-state index contributed by atoms with van der Waals surface area (Å²) in [5.74, 6) is -2.23. The van der Waals surface area contributed by atoms with E-state index in [4.69, 9.17) is 14.5 Å². The molecular formula is C29H30N2O4S. The number of aryl methyl sites for hydroxylation is 1. The molecule has 186 valence electrons. The highest BCUT2D eigenvalue weighted by Gasteiger charge is 2.43. The van der Waals surface area contributed by atoms with Gasteiger partial charge in [0.05, 0.1) is 24.5 Å². The van der Waals surface area contributed by atoms with Crippen LogP contribution in [0.25, 0.3) is 21.8 Å². The molecule has 0 N–H and O–H groups in total. The van der Waals surface area contributed by atoms with Gasteiger partial charge in [0.25, 0.3) is 0 Å². The maximum absolute atomic E-state index is 13.2. The summed E-state index contributed by atoms with van der Waals surface area (Å²) in [7, 11) is 0. The second kappa shape index (κ2) is 11.0. The molecule has 4 rings (SSSR count). The van der Waals surface area contributed by atoms with Gasteiger partial charge in [-0.2, -0.15) is 0 Å². The van der Waals surface area contributed by atoms with E-state index in [1.807, 2.05) is 36.6 Å². The Hall–Kier alpha value is -3.58. The van der Waals surface area contributed by atoms with Crippen molar-refractivity contribution in [1.82, 2.24) is 4.98 Å². The number of hydrogen-bond donors (Lipinski definition) is 0. The predicted molar refractivity (Wildman–Crippen MR) is 143 cm³/mol. The maximum atomic E-state index is 13.2. The third kappa shape index (κ3) is 5.02. The lowest BCUT2D eigenvalue weighted by molar-refractivity contribution is -0.146. The molecule has 0 saturated carbocycles. The second-order valence-corrected chi connectivity index (χ2v) is 9.53. The van der Waals surface area contributed by atoms with Gasteiger partial charge in [-0.05, 0) is 40.2 Å². The average Bonchev–Trinajstić information content (AvgIpc) is 3.34. The highest BCUT2D eigenvalue weighted by atomic mass is 32.1. The molecule has 0 saturated heterocycles. The van der Waals surface area contributed by atoms with Crippen LogP contribution in [0.15, 0.2) is 70.2 Å². The molecule has 2 unspecified atom stereocenters. The lowest BCUT2D eigenvalue weighted by Gasteiger charge is -2.32. The molecule has 1 aliphatic rings. The molecule has 1 aromatic heterocycles. The van der Waals surface area contributed by atoms with Gasteiger partial charge in [0.15, 0.2) is 0 Å². The molecule has 0 aliphatic carbocycles. The average molecular weight is 503 g/mol. The van der Waals surface area contributed by atoms with Gasteiger partial charge < -0.3 is 9.47 Å². The molecule has 1 aliphatic heterocycles.